The number of amides is 3. The van der Waals surface area contributed by atoms with Crippen LogP contribution in [-0.4, -0.2) is 31.4 Å². The van der Waals surface area contributed by atoms with Gasteiger partial charge < -0.3 is 25.1 Å². The van der Waals surface area contributed by atoms with Crippen LogP contribution in [0, 0.1) is 0 Å². The van der Waals surface area contributed by atoms with Gasteiger partial charge in [0.25, 0.3) is 17.7 Å². The number of hydrogen-bond acceptors (Lipinski definition) is 5. The Morgan fingerprint density at radius 1 is 0.897 bits per heavy atom. The molecule has 1 heterocycles. The fourth-order valence-electron chi connectivity index (χ4n) is 2.49. The third-order valence-corrected chi connectivity index (χ3v) is 3.84. The number of anilines is 2. The Labute approximate surface area is 166 Å². The highest BCUT2D eigenvalue weighted by atomic mass is 16.5. The second-order valence-corrected chi connectivity index (χ2v) is 5.96. The number of carbonyl (C=O) groups excluding carboxylic acids is 3. The molecule has 0 saturated heterocycles. The molecule has 0 fully saturated rings. The molecule has 3 N–H and O–H groups in total. The standard InChI is InChI=1S/C21H19N3O5/c1-22-20(26)14-5-2-6-15(11-14)23-19(25)13-29-17-8-3-7-16(12-17)24-21(27)18-9-4-10-28-18/h2-12H,13H2,1H3,(H,22,26)(H,23,25)(H,24,27). The summed E-state index contributed by atoms with van der Waals surface area (Å²) in [7, 11) is 1.53. The molecular formula is C21H19N3O5. The van der Waals surface area contributed by atoms with E-state index in [2.05, 4.69) is 16.0 Å². The molecule has 0 bridgehead atoms. The first kappa shape index (κ1) is 19.7. The predicted octanol–water partition coefficient (Wildman–Crippen LogP) is 2.91. The Morgan fingerprint density at radius 2 is 1.66 bits per heavy atom. The van der Waals surface area contributed by atoms with Gasteiger partial charge in [0, 0.05) is 30.1 Å². The van der Waals surface area contributed by atoms with Gasteiger partial charge in [-0.25, -0.2) is 0 Å². The fraction of sp³-hybridized carbons (Fsp3) is 0.0952. The van der Waals surface area contributed by atoms with E-state index in [-0.39, 0.29) is 30.1 Å². The molecule has 0 aliphatic heterocycles. The first-order valence-corrected chi connectivity index (χ1v) is 8.75. The maximum atomic E-state index is 12.1. The Bertz CT molecular complexity index is 1010. The molecule has 0 aliphatic rings. The van der Waals surface area contributed by atoms with Crippen molar-refractivity contribution in [3.8, 4) is 5.75 Å². The van der Waals surface area contributed by atoms with Crippen LogP contribution in [0.5, 0.6) is 5.75 Å². The lowest BCUT2D eigenvalue weighted by atomic mass is 10.2. The number of rotatable bonds is 7. The van der Waals surface area contributed by atoms with Gasteiger partial charge in [-0.3, -0.25) is 14.4 Å². The van der Waals surface area contributed by atoms with E-state index in [0.717, 1.165) is 0 Å². The van der Waals surface area contributed by atoms with Gasteiger partial charge in [-0.05, 0) is 42.5 Å². The molecule has 0 spiro atoms. The molecule has 0 atom stereocenters. The molecule has 3 rings (SSSR count). The van der Waals surface area contributed by atoms with Crippen LogP contribution in [0.25, 0.3) is 0 Å². The first-order chi connectivity index (χ1) is 14.0. The molecule has 148 valence electrons. The second kappa shape index (κ2) is 9.23. The normalized spacial score (nSPS) is 10.1. The Balaban J connectivity index is 1.55. The number of furan rings is 1. The maximum absolute atomic E-state index is 12.1. The molecule has 3 amide bonds. The quantitative estimate of drug-likeness (QED) is 0.572. The largest absolute Gasteiger partial charge is 0.484 e. The smallest absolute Gasteiger partial charge is 0.291 e. The Kier molecular flexibility index (Phi) is 6.26. The molecule has 3 aromatic rings. The van der Waals surface area contributed by atoms with Crippen molar-refractivity contribution < 1.29 is 23.5 Å². The van der Waals surface area contributed by atoms with E-state index in [1.807, 2.05) is 0 Å². The third-order valence-electron chi connectivity index (χ3n) is 3.84. The van der Waals surface area contributed by atoms with Crippen LogP contribution in [0.3, 0.4) is 0 Å². The van der Waals surface area contributed by atoms with Gasteiger partial charge in [-0.1, -0.05) is 12.1 Å². The summed E-state index contributed by atoms with van der Waals surface area (Å²) in [5.41, 5.74) is 1.42. The van der Waals surface area contributed by atoms with Gasteiger partial charge in [0.1, 0.15) is 5.75 Å². The highest BCUT2D eigenvalue weighted by Crippen LogP contribution is 2.18. The van der Waals surface area contributed by atoms with Crippen molar-refractivity contribution in [2.45, 2.75) is 0 Å². The zero-order valence-electron chi connectivity index (χ0n) is 15.6. The van der Waals surface area contributed by atoms with Crippen LogP contribution in [0.4, 0.5) is 11.4 Å². The number of nitrogens with one attached hydrogen (secondary N) is 3. The van der Waals surface area contributed by atoms with E-state index in [1.165, 1.54) is 13.3 Å². The fourth-order valence-corrected chi connectivity index (χ4v) is 2.49. The monoisotopic (exact) mass is 393 g/mol. The van der Waals surface area contributed by atoms with Crippen LogP contribution in [0.1, 0.15) is 20.9 Å². The Morgan fingerprint density at radius 3 is 2.38 bits per heavy atom. The summed E-state index contributed by atoms with van der Waals surface area (Å²) in [4.78, 5) is 35.8. The van der Waals surface area contributed by atoms with E-state index in [0.29, 0.717) is 22.7 Å². The average molecular weight is 393 g/mol. The van der Waals surface area contributed by atoms with E-state index in [1.54, 1.807) is 60.7 Å². The topological polar surface area (TPSA) is 110 Å². The molecule has 0 aliphatic carbocycles. The van der Waals surface area contributed by atoms with Gasteiger partial charge in [0.2, 0.25) is 0 Å². The number of ether oxygens (including phenoxy) is 1. The van der Waals surface area contributed by atoms with E-state index in [9.17, 15) is 14.4 Å². The molecule has 8 heteroatoms. The minimum atomic E-state index is -0.388. The summed E-state index contributed by atoms with van der Waals surface area (Å²) in [5, 5.41) is 7.88. The van der Waals surface area contributed by atoms with Crippen molar-refractivity contribution in [3.05, 3.63) is 78.3 Å². The van der Waals surface area contributed by atoms with Gasteiger partial charge >= 0.3 is 0 Å². The van der Waals surface area contributed by atoms with Crippen molar-refractivity contribution in [2.24, 2.45) is 0 Å². The minimum absolute atomic E-state index is 0.190. The van der Waals surface area contributed by atoms with E-state index in [4.69, 9.17) is 9.15 Å². The summed E-state index contributed by atoms with van der Waals surface area (Å²) in [6.07, 6.45) is 1.41. The van der Waals surface area contributed by atoms with Crippen molar-refractivity contribution in [1.29, 1.82) is 0 Å². The van der Waals surface area contributed by atoms with Crippen LogP contribution in [0.2, 0.25) is 0 Å². The maximum Gasteiger partial charge on any atom is 0.291 e. The van der Waals surface area contributed by atoms with Gasteiger partial charge in [-0.2, -0.15) is 0 Å². The molecule has 0 unspecified atom stereocenters. The lowest BCUT2D eigenvalue weighted by Crippen LogP contribution is -2.21. The molecule has 8 nitrogen and oxygen atoms in total. The molecule has 1 aromatic heterocycles. The molecule has 0 radical (unpaired) electrons. The molecule has 2 aromatic carbocycles. The average Bonchev–Trinajstić information content (AvgIpc) is 3.27. The molecular weight excluding hydrogens is 374 g/mol. The zero-order chi connectivity index (χ0) is 20.6. The summed E-state index contributed by atoms with van der Waals surface area (Å²) in [6, 6.07) is 16.4. The highest BCUT2D eigenvalue weighted by molar-refractivity contribution is 6.02. The lowest BCUT2D eigenvalue weighted by Gasteiger charge is -2.10. The van der Waals surface area contributed by atoms with Gasteiger partial charge in [0.15, 0.2) is 12.4 Å². The number of carbonyl (C=O) groups is 3. The molecule has 29 heavy (non-hydrogen) atoms. The zero-order valence-corrected chi connectivity index (χ0v) is 15.6. The number of benzene rings is 2. The summed E-state index contributed by atoms with van der Waals surface area (Å²) in [5.74, 6) is -0.415. The number of hydrogen-bond donors (Lipinski definition) is 3. The van der Waals surface area contributed by atoms with E-state index >= 15 is 0 Å². The van der Waals surface area contributed by atoms with Crippen molar-refractivity contribution in [3.63, 3.8) is 0 Å². The van der Waals surface area contributed by atoms with Crippen molar-refractivity contribution in [1.82, 2.24) is 5.32 Å². The molecule has 0 saturated carbocycles. The summed E-state index contributed by atoms with van der Waals surface area (Å²) >= 11 is 0. The van der Waals surface area contributed by atoms with Crippen molar-refractivity contribution >= 4 is 29.1 Å². The van der Waals surface area contributed by atoms with Crippen LogP contribution in [-0.2, 0) is 4.79 Å². The predicted molar refractivity (Wildman–Crippen MR) is 107 cm³/mol. The summed E-state index contributed by atoms with van der Waals surface area (Å²) < 4.78 is 10.5. The first-order valence-electron chi connectivity index (χ1n) is 8.75. The van der Waals surface area contributed by atoms with E-state index < -0.39 is 0 Å². The van der Waals surface area contributed by atoms with Gasteiger partial charge in [0.05, 0.1) is 6.26 Å². The minimum Gasteiger partial charge on any atom is -0.484 e. The Hall–Kier alpha value is -4.07. The van der Waals surface area contributed by atoms with Crippen molar-refractivity contribution in [2.75, 3.05) is 24.3 Å². The van der Waals surface area contributed by atoms with Crippen LogP contribution >= 0.6 is 0 Å². The second-order valence-electron chi connectivity index (χ2n) is 5.96. The highest BCUT2D eigenvalue weighted by Gasteiger charge is 2.10. The van der Waals surface area contributed by atoms with Gasteiger partial charge in [-0.15, -0.1) is 0 Å². The van der Waals surface area contributed by atoms with Crippen LogP contribution in [0.15, 0.2) is 71.3 Å². The lowest BCUT2D eigenvalue weighted by molar-refractivity contribution is -0.118. The SMILES string of the molecule is CNC(=O)c1cccc(NC(=O)COc2cccc(NC(=O)c3ccco3)c2)c1. The third kappa shape index (κ3) is 5.46. The van der Waals surface area contributed by atoms with Crippen LogP contribution < -0.4 is 20.7 Å². The summed E-state index contributed by atoms with van der Waals surface area (Å²) in [6.45, 7) is -0.236.